The van der Waals surface area contributed by atoms with Crippen LogP contribution in [-0.4, -0.2) is 44.0 Å². The lowest BCUT2D eigenvalue weighted by molar-refractivity contribution is -0.180. The van der Waals surface area contributed by atoms with Crippen molar-refractivity contribution in [2.75, 3.05) is 27.2 Å². The van der Waals surface area contributed by atoms with Crippen molar-refractivity contribution in [1.29, 1.82) is 0 Å². The second-order valence-corrected chi connectivity index (χ2v) is 13.5. The van der Waals surface area contributed by atoms with Gasteiger partial charge in [0.15, 0.2) is 5.79 Å². The lowest BCUT2D eigenvalue weighted by atomic mass is 9.98. The quantitative estimate of drug-likeness (QED) is 0.0566. The van der Waals surface area contributed by atoms with Crippen molar-refractivity contribution in [3.05, 3.63) is 24.3 Å². The first-order valence-electron chi connectivity index (χ1n) is 18.9. The maximum Gasteiger partial charge on any atom is 0.168 e. The second kappa shape index (κ2) is 31.7. The van der Waals surface area contributed by atoms with Gasteiger partial charge in [0.25, 0.3) is 0 Å². The molecule has 0 aliphatic carbocycles. The van der Waals surface area contributed by atoms with Gasteiger partial charge in [-0.3, -0.25) is 0 Å². The van der Waals surface area contributed by atoms with E-state index in [2.05, 4.69) is 57.1 Å². The number of rotatable bonds is 31. The van der Waals surface area contributed by atoms with Crippen LogP contribution in [-0.2, 0) is 9.47 Å². The predicted octanol–water partition coefficient (Wildman–Crippen LogP) is 12.5. The fourth-order valence-corrected chi connectivity index (χ4v) is 6.12. The molecule has 0 bridgehead atoms. The van der Waals surface area contributed by atoms with Gasteiger partial charge in [-0.1, -0.05) is 128 Å². The summed E-state index contributed by atoms with van der Waals surface area (Å²) in [5, 5.41) is 0. The summed E-state index contributed by atoms with van der Waals surface area (Å²) in [5.41, 5.74) is 0. The molecule has 1 aliphatic heterocycles. The summed E-state index contributed by atoms with van der Waals surface area (Å²) in [7, 11) is 4.30. The fourth-order valence-electron chi connectivity index (χ4n) is 6.12. The molecular formula is C39H77NO2S. The molecule has 1 fully saturated rings. The van der Waals surface area contributed by atoms with E-state index in [0.717, 1.165) is 32.4 Å². The monoisotopic (exact) mass is 624 g/mol. The Bertz CT molecular complexity index is 582. The third-order valence-electron chi connectivity index (χ3n) is 8.95. The number of hydrogen-bond donors (Lipinski definition) is 0. The smallest absolute Gasteiger partial charge is 0.168 e. The zero-order valence-electron chi connectivity index (χ0n) is 29.7. The molecule has 256 valence electrons. The Morgan fingerprint density at radius 3 is 1.33 bits per heavy atom. The summed E-state index contributed by atoms with van der Waals surface area (Å²) in [5.74, 6) is -0.305. The number of allylic oxidation sites excluding steroid dienone is 4. The molecule has 0 amide bonds. The van der Waals surface area contributed by atoms with Gasteiger partial charge >= 0.3 is 0 Å². The molecule has 0 N–H and O–H groups in total. The van der Waals surface area contributed by atoms with Crippen molar-refractivity contribution in [2.45, 2.75) is 199 Å². The van der Waals surface area contributed by atoms with E-state index in [1.807, 2.05) is 0 Å². The molecule has 0 unspecified atom stereocenters. The minimum absolute atomic E-state index is 0. The Morgan fingerprint density at radius 1 is 0.558 bits per heavy atom. The molecular weight excluding hydrogens is 547 g/mol. The van der Waals surface area contributed by atoms with Crippen LogP contribution in [0.4, 0.5) is 0 Å². The summed E-state index contributed by atoms with van der Waals surface area (Å²) >= 11 is 0. The Hall–Kier alpha value is -0.290. The lowest BCUT2D eigenvalue weighted by Crippen LogP contribution is -2.31. The van der Waals surface area contributed by atoms with Gasteiger partial charge in [-0.2, -0.15) is 13.5 Å². The zero-order chi connectivity index (χ0) is 30.4. The largest absolute Gasteiger partial charge is 0.347 e. The zero-order valence-corrected chi connectivity index (χ0v) is 30.7. The van der Waals surface area contributed by atoms with Crippen molar-refractivity contribution in [2.24, 2.45) is 0 Å². The Morgan fingerprint density at radius 2 is 0.930 bits per heavy atom. The van der Waals surface area contributed by atoms with E-state index < -0.39 is 0 Å². The first-order valence-corrected chi connectivity index (χ1v) is 18.9. The molecule has 1 aliphatic rings. The highest BCUT2D eigenvalue weighted by atomic mass is 32.1. The average molecular weight is 624 g/mol. The SMILES string of the molecule is CCCCCC/C=C\CCCCCCCCC1(CCCCCCCC/C=C\CCCCCC)OC[C@H](CCN(C)C)O1.S. The average Bonchev–Trinajstić information content (AvgIpc) is 3.39. The van der Waals surface area contributed by atoms with Crippen LogP contribution in [0.1, 0.15) is 187 Å². The lowest BCUT2D eigenvalue weighted by Gasteiger charge is -2.29. The van der Waals surface area contributed by atoms with Crippen LogP contribution in [0, 0.1) is 0 Å². The number of hydrogen-bond acceptors (Lipinski definition) is 3. The maximum atomic E-state index is 6.66. The summed E-state index contributed by atoms with van der Waals surface area (Å²) in [6.45, 7) is 6.43. The third kappa shape index (κ3) is 26.6. The van der Waals surface area contributed by atoms with Gasteiger partial charge in [0, 0.05) is 19.4 Å². The summed E-state index contributed by atoms with van der Waals surface area (Å²) in [6.07, 6.45) is 45.3. The van der Waals surface area contributed by atoms with Crippen molar-refractivity contribution in [3.8, 4) is 0 Å². The minimum atomic E-state index is -0.305. The predicted molar refractivity (Wildman–Crippen MR) is 197 cm³/mol. The van der Waals surface area contributed by atoms with Crippen LogP contribution in [0.5, 0.6) is 0 Å². The first-order chi connectivity index (χ1) is 20.6. The molecule has 43 heavy (non-hydrogen) atoms. The van der Waals surface area contributed by atoms with E-state index in [4.69, 9.17) is 9.47 Å². The van der Waals surface area contributed by atoms with Gasteiger partial charge in [-0.25, -0.2) is 0 Å². The van der Waals surface area contributed by atoms with Gasteiger partial charge in [-0.05, 0) is 84.7 Å². The Balaban J connectivity index is 0.0000176. The van der Waals surface area contributed by atoms with E-state index in [1.54, 1.807) is 0 Å². The minimum Gasteiger partial charge on any atom is -0.347 e. The van der Waals surface area contributed by atoms with Crippen LogP contribution in [0.25, 0.3) is 0 Å². The number of ether oxygens (including phenoxy) is 2. The molecule has 0 radical (unpaired) electrons. The van der Waals surface area contributed by atoms with Crippen LogP contribution in [0.3, 0.4) is 0 Å². The normalized spacial score (nSPS) is 16.6. The van der Waals surface area contributed by atoms with Crippen molar-refractivity contribution in [1.82, 2.24) is 4.90 Å². The molecule has 0 aromatic rings. The van der Waals surface area contributed by atoms with E-state index in [-0.39, 0.29) is 25.4 Å². The fraction of sp³-hybridized carbons (Fsp3) is 0.897. The second-order valence-electron chi connectivity index (χ2n) is 13.5. The summed E-state index contributed by atoms with van der Waals surface area (Å²) < 4.78 is 13.1. The van der Waals surface area contributed by atoms with Crippen LogP contribution in [0.15, 0.2) is 24.3 Å². The molecule has 1 saturated heterocycles. The molecule has 4 heteroatoms. The van der Waals surface area contributed by atoms with Crippen molar-refractivity contribution < 1.29 is 9.47 Å². The van der Waals surface area contributed by atoms with E-state index in [0.29, 0.717) is 0 Å². The van der Waals surface area contributed by atoms with E-state index in [9.17, 15) is 0 Å². The highest BCUT2D eigenvalue weighted by molar-refractivity contribution is 7.59. The third-order valence-corrected chi connectivity index (χ3v) is 8.95. The van der Waals surface area contributed by atoms with Crippen LogP contribution >= 0.6 is 13.5 Å². The van der Waals surface area contributed by atoms with Gasteiger partial charge in [-0.15, -0.1) is 0 Å². The van der Waals surface area contributed by atoms with Gasteiger partial charge in [0.05, 0.1) is 12.7 Å². The topological polar surface area (TPSA) is 21.7 Å². The van der Waals surface area contributed by atoms with Gasteiger partial charge < -0.3 is 14.4 Å². The summed E-state index contributed by atoms with van der Waals surface area (Å²) in [6, 6.07) is 0. The molecule has 0 spiro atoms. The molecule has 3 nitrogen and oxygen atoms in total. The standard InChI is InChI=1S/C39H75NO2.H2S/c1-5-7-9-11-13-15-17-19-21-23-25-27-29-31-34-39(41-37-38(42-39)33-36-40(3)4)35-32-30-28-26-24-22-20-18-16-14-12-10-8-6-2;/h15-18,38H,5-14,19-37H2,1-4H3;1H2/b17-15-,18-16-;/t38-;/m0./s1. The Labute approximate surface area is 277 Å². The van der Waals surface area contributed by atoms with E-state index >= 15 is 0 Å². The molecule has 0 saturated carbocycles. The van der Waals surface area contributed by atoms with Gasteiger partial charge in [0.2, 0.25) is 0 Å². The first kappa shape index (κ1) is 42.7. The molecule has 0 aromatic carbocycles. The van der Waals surface area contributed by atoms with Crippen LogP contribution < -0.4 is 0 Å². The van der Waals surface area contributed by atoms with Gasteiger partial charge in [0.1, 0.15) is 0 Å². The molecule has 1 atom stereocenters. The maximum absolute atomic E-state index is 6.66. The molecule has 1 rings (SSSR count). The Kier molecular flexibility index (Phi) is 31.5. The molecule has 1 heterocycles. The van der Waals surface area contributed by atoms with E-state index in [1.165, 1.54) is 154 Å². The van der Waals surface area contributed by atoms with Crippen LogP contribution in [0.2, 0.25) is 0 Å². The number of unbranched alkanes of at least 4 members (excludes halogenated alkanes) is 20. The highest BCUT2D eigenvalue weighted by Gasteiger charge is 2.40. The van der Waals surface area contributed by atoms with Crippen molar-refractivity contribution >= 4 is 13.5 Å². The highest BCUT2D eigenvalue weighted by Crippen LogP contribution is 2.35. The van der Waals surface area contributed by atoms with Crippen molar-refractivity contribution in [3.63, 3.8) is 0 Å². The summed E-state index contributed by atoms with van der Waals surface area (Å²) in [4.78, 5) is 2.26. The number of nitrogens with zero attached hydrogens (tertiary/aromatic N) is 1. The molecule has 0 aromatic heterocycles.